The molecule has 2 unspecified atom stereocenters. The molecule has 0 aliphatic carbocycles. The highest BCUT2D eigenvalue weighted by Gasteiger charge is 2.16. The number of rotatable bonds is 5. The highest BCUT2D eigenvalue weighted by Crippen LogP contribution is 2.18. The Labute approximate surface area is 105 Å². The normalized spacial score (nSPS) is 14.3. The van der Waals surface area contributed by atoms with E-state index in [4.69, 9.17) is 5.26 Å². The van der Waals surface area contributed by atoms with Crippen molar-refractivity contribution in [3.63, 3.8) is 0 Å². The van der Waals surface area contributed by atoms with Crippen molar-refractivity contribution in [3.05, 3.63) is 35.4 Å². The fourth-order valence-corrected chi connectivity index (χ4v) is 1.57. The zero-order valence-electron chi connectivity index (χ0n) is 10.4. The number of nitrogens with zero attached hydrogens (tertiary/aromatic N) is 2. The third kappa shape index (κ3) is 3.76. The lowest BCUT2D eigenvalue weighted by Gasteiger charge is -2.25. The molecule has 1 aromatic rings. The van der Waals surface area contributed by atoms with E-state index in [-0.39, 0.29) is 12.6 Å². The lowest BCUT2D eigenvalue weighted by atomic mass is 10.1. The van der Waals surface area contributed by atoms with Crippen LogP contribution >= 0.6 is 0 Å². The van der Waals surface area contributed by atoms with Gasteiger partial charge >= 0.3 is 0 Å². The fourth-order valence-electron chi connectivity index (χ4n) is 1.57. The molecule has 2 atom stereocenters. The number of nitriles is 1. The van der Waals surface area contributed by atoms with Gasteiger partial charge in [-0.25, -0.2) is 8.78 Å². The van der Waals surface area contributed by atoms with Gasteiger partial charge in [-0.1, -0.05) is 6.07 Å². The molecule has 0 radical (unpaired) electrons. The smallest absolute Gasteiger partial charge is 0.159 e. The van der Waals surface area contributed by atoms with Crippen LogP contribution in [0.3, 0.4) is 0 Å². The second kappa shape index (κ2) is 6.43. The van der Waals surface area contributed by atoms with E-state index in [0.717, 1.165) is 12.1 Å². The van der Waals surface area contributed by atoms with Gasteiger partial charge in [0, 0.05) is 12.6 Å². The summed E-state index contributed by atoms with van der Waals surface area (Å²) in [5.74, 6) is -1.91. The Bertz CT molecular complexity index is 445. The second-order valence-electron chi connectivity index (χ2n) is 4.34. The molecule has 0 fully saturated rings. The molecule has 0 spiro atoms. The van der Waals surface area contributed by atoms with Gasteiger partial charge < -0.3 is 5.11 Å². The van der Waals surface area contributed by atoms with E-state index >= 15 is 0 Å². The van der Waals surface area contributed by atoms with Crippen molar-refractivity contribution in [1.29, 1.82) is 5.26 Å². The van der Waals surface area contributed by atoms with Gasteiger partial charge in [0.15, 0.2) is 11.6 Å². The summed E-state index contributed by atoms with van der Waals surface area (Å²) in [6, 6.07) is 5.37. The van der Waals surface area contributed by atoms with E-state index in [0.29, 0.717) is 12.0 Å². The molecule has 3 nitrogen and oxygen atoms in total. The average molecular weight is 254 g/mol. The van der Waals surface area contributed by atoms with Crippen LogP contribution in [-0.2, 0) is 0 Å². The summed E-state index contributed by atoms with van der Waals surface area (Å²) >= 11 is 0. The number of aliphatic hydroxyl groups is 1. The molecule has 0 saturated carbocycles. The summed E-state index contributed by atoms with van der Waals surface area (Å²) < 4.78 is 25.8. The highest BCUT2D eigenvalue weighted by molar-refractivity contribution is 5.20. The van der Waals surface area contributed by atoms with Crippen molar-refractivity contribution in [2.75, 3.05) is 13.6 Å². The Balaban J connectivity index is 2.67. The molecular formula is C13H16F2N2O. The molecule has 0 bridgehead atoms. The van der Waals surface area contributed by atoms with E-state index in [9.17, 15) is 13.9 Å². The van der Waals surface area contributed by atoms with Gasteiger partial charge in [0.05, 0.1) is 18.6 Å². The summed E-state index contributed by atoms with van der Waals surface area (Å²) in [5, 5.41) is 18.5. The summed E-state index contributed by atoms with van der Waals surface area (Å²) in [7, 11) is 1.77. The summed E-state index contributed by atoms with van der Waals surface area (Å²) in [6.45, 7) is 2.12. The third-order valence-corrected chi connectivity index (χ3v) is 2.93. The SMILES string of the molecule is CC(CC#N)N(C)CC(O)c1ccc(F)c(F)c1. The first-order valence-corrected chi connectivity index (χ1v) is 5.66. The average Bonchev–Trinajstić information content (AvgIpc) is 2.32. The van der Waals surface area contributed by atoms with Crippen LogP contribution in [0.1, 0.15) is 25.0 Å². The molecule has 0 saturated heterocycles. The molecule has 0 aromatic heterocycles. The largest absolute Gasteiger partial charge is 0.387 e. The first kappa shape index (κ1) is 14.6. The van der Waals surface area contributed by atoms with Crippen molar-refractivity contribution in [1.82, 2.24) is 4.90 Å². The van der Waals surface area contributed by atoms with Gasteiger partial charge in [-0.15, -0.1) is 0 Å². The van der Waals surface area contributed by atoms with Crippen molar-refractivity contribution >= 4 is 0 Å². The van der Waals surface area contributed by atoms with Gasteiger partial charge in [0.1, 0.15) is 0 Å². The van der Waals surface area contributed by atoms with E-state index in [1.54, 1.807) is 11.9 Å². The van der Waals surface area contributed by atoms with E-state index in [1.807, 2.05) is 13.0 Å². The summed E-state index contributed by atoms with van der Waals surface area (Å²) in [5.41, 5.74) is 0.324. The molecule has 0 amide bonds. The molecule has 0 aliphatic rings. The van der Waals surface area contributed by atoms with Gasteiger partial charge in [-0.3, -0.25) is 4.90 Å². The van der Waals surface area contributed by atoms with Crippen LogP contribution < -0.4 is 0 Å². The minimum absolute atomic E-state index is 0.00468. The Morgan fingerprint density at radius 3 is 2.61 bits per heavy atom. The standard InChI is InChI=1S/C13H16F2N2O/c1-9(5-6-16)17(2)8-13(18)10-3-4-11(14)12(15)7-10/h3-4,7,9,13,18H,5,8H2,1-2H3. The van der Waals surface area contributed by atoms with Crippen molar-refractivity contribution in [2.45, 2.75) is 25.5 Å². The summed E-state index contributed by atoms with van der Waals surface area (Å²) in [4.78, 5) is 1.80. The molecule has 5 heteroatoms. The van der Waals surface area contributed by atoms with E-state index < -0.39 is 17.7 Å². The number of aliphatic hydroxyl groups excluding tert-OH is 1. The number of hydrogen-bond acceptors (Lipinski definition) is 3. The van der Waals surface area contributed by atoms with Crippen molar-refractivity contribution in [2.24, 2.45) is 0 Å². The van der Waals surface area contributed by atoms with Crippen LogP contribution in [0.2, 0.25) is 0 Å². The van der Waals surface area contributed by atoms with Crippen LogP contribution in [0.4, 0.5) is 8.78 Å². The number of halogens is 2. The Kier molecular flexibility index (Phi) is 5.20. The lowest BCUT2D eigenvalue weighted by molar-refractivity contribution is 0.109. The number of hydrogen-bond donors (Lipinski definition) is 1. The predicted molar refractivity (Wildman–Crippen MR) is 63.6 cm³/mol. The summed E-state index contributed by atoms with van der Waals surface area (Å²) in [6.07, 6.45) is -0.563. The van der Waals surface area contributed by atoms with Gasteiger partial charge in [0.2, 0.25) is 0 Å². The minimum Gasteiger partial charge on any atom is -0.387 e. The maximum absolute atomic E-state index is 13.0. The van der Waals surface area contributed by atoms with Gasteiger partial charge in [-0.05, 0) is 31.7 Å². The van der Waals surface area contributed by atoms with Gasteiger partial charge in [0.25, 0.3) is 0 Å². The molecule has 98 valence electrons. The first-order valence-electron chi connectivity index (χ1n) is 5.66. The fraction of sp³-hybridized carbons (Fsp3) is 0.462. The molecule has 0 heterocycles. The molecule has 1 rings (SSSR count). The quantitative estimate of drug-likeness (QED) is 0.876. The topological polar surface area (TPSA) is 47.3 Å². The van der Waals surface area contributed by atoms with E-state index in [1.165, 1.54) is 6.07 Å². The predicted octanol–water partition coefficient (Wildman–Crippen LogP) is 2.23. The minimum atomic E-state index is -0.973. The first-order chi connectivity index (χ1) is 8.45. The third-order valence-electron chi connectivity index (χ3n) is 2.93. The van der Waals surface area contributed by atoms with Crippen LogP contribution in [0, 0.1) is 23.0 Å². The lowest BCUT2D eigenvalue weighted by Crippen LogP contribution is -2.32. The maximum Gasteiger partial charge on any atom is 0.159 e. The Morgan fingerprint density at radius 1 is 1.39 bits per heavy atom. The number of likely N-dealkylation sites (N-methyl/N-ethyl adjacent to an activating group) is 1. The monoisotopic (exact) mass is 254 g/mol. The van der Waals surface area contributed by atoms with Crippen molar-refractivity contribution < 1.29 is 13.9 Å². The molecular weight excluding hydrogens is 238 g/mol. The number of benzene rings is 1. The molecule has 18 heavy (non-hydrogen) atoms. The Hall–Kier alpha value is -1.51. The second-order valence-corrected chi connectivity index (χ2v) is 4.34. The molecule has 0 aliphatic heterocycles. The zero-order valence-corrected chi connectivity index (χ0v) is 10.4. The molecule has 1 aromatic carbocycles. The van der Waals surface area contributed by atoms with Crippen LogP contribution in [-0.4, -0.2) is 29.6 Å². The van der Waals surface area contributed by atoms with Crippen LogP contribution in [0.5, 0.6) is 0 Å². The van der Waals surface area contributed by atoms with Crippen LogP contribution in [0.15, 0.2) is 18.2 Å². The maximum atomic E-state index is 13.0. The zero-order chi connectivity index (χ0) is 13.7. The highest BCUT2D eigenvalue weighted by atomic mass is 19.2. The van der Waals surface area contributed by atoms with E-state index in [2.05, 4.69) is 0 Å². The molecule has 1 N–H and O–H groups in total. The van der Waals surface area contributed by atoms with Crippen molar-refractivity contribution in [3.8, 4) is 6.07 Å². The Morgan fingerprint density at radius 2 is 2.06 bits per heavy atom. The van der Waals surface area contributed by atoms with Gasteiger partial charge in [-0.2, -0.15) is 5.26 Å². The van der Waals surface area contributed by atoms with Crippen LogP contribution in [0.25, 0.3) is 0 Å².